The van der Waals surface area contributed by atoms with E-state index in [4.69, 9.17) is 4.74 Å². The molecule has 2 heteroatoms. The van der Waals surface area contributed by atoms with E-state index >= 15 is 0 Å². The van der Waals surface area contributed by atoms with Crippen LogP contribution in [0.1, 0.15) is 51.1 Å². The zero-order valence-electron chi connectivity index (χ0n) is 12.3. The number of hydrogen-bond acceptors (Lipinski definition) is 2. The fraction of sp³-hybridized carbons (Fsp3) is 0.647. The van der Waals surface area contributed by atoms with Crippen molar-refractivity contribution in [2.24, 2.45) is 5.92 Å². The molecule has 2 nitrogen and oxygen atoms in total. The third-order valence-electron chi connectivity index (χ3n) is 3.95. The van der Waals surface area contributed by atoms with Crippen LogP contribution in [-0.2, 0) is 4.74 Å². The molecule has 1 aliphatic carbocycles. The first-order valence-electron chi connectivity index (χ1n) is 7.67. The molecule has 2 rings (SSSR count). The van der Waals surface area contributed by atoms with Gasteiger partial charge in [0, 0.05) is 12.6 Å². The maximum absolute atomic E-state index is 5.91. The Bertz CT molecular complexity index is 344. The molecule has 106 valence electrons. The lowest BCUT2D eigenvalue weighted by Crippen LogP contribution is -2.29. The lowest BCUT2D eigenvalue weighted by atomic mass is 9.96. The summed E-state index contributed by atoms with van der Waals surface area (Å²) in [5.41, 5.74) is 1.37. The van der Waals surface area contributed by atoms with Crippen molar-refractivity contribution < 1.29 is 4.74 Å². The smallest absolute Gasteiger partial charge is 0.0594 e. The molecular weight excluding hydrogens is 234 g/mol. The van der Waals surface area contributed by atoms with Gasteiger partial charge in [-0.2, -0.15) is 0 Å². The predicted octanol–water partition coefficient (Wildman–Crippen LogP) is 3.93. The molecule has 1 aliphatic rings. The quantitative estimate of drug-likeness (QED) is 0.751. The van der Waals surface area contributed by atoms with Crippen LogP contribution in [0.2, 0.25) is 0 Å². The van der Waals surface area contributed by atoms with E-state index < -0.39 is 0 Å². The Hall–Kier alpha value is -0.860. The fourth-order valence-electron chi connectivity index (χ4n) is 2.89. The van der Waals surface area contributed by atoms with Gasteiger partial charge in [-0.05, 0) is 24.3 Å². The van der Waals surface area contributed by atoms with Crippen molar-refractivity contribution in [2.45, 2.75) is 51.7 Å². The van der Waals surface area contributed by atoms with Gasteiger partial charge in [0.2, 0.25) is 0 Å². The van der Waals surface area contributed by atoms with Crippen LogP contribution in [0.5, 0.6) is 0 Å². The van der Waals surface area contributed by atoms with Crippen LogP contribution in [0.25, 0.3) is 0 Å². The Kier molecular flexibility index (Phi) is 5.87. The zero-order valence-corrected chi connectivity index (χ0v) is 12.3. The van der Waals surface area contributed by atoms with Gasteiger partial charge in [0.1, 0.15) is 0 Å². The number of benzene rings is 1. The van der Waals surface area contributed by atoms with Gasteiger partial charge in [0.05, 0.1) is 12.7 Å². The van der Waals surface area contributed by atoms with Gasteiger partial charge in [-0.3, -0.25) is 0 Å². The first kappa shape index (κ1) is 14.5. The molecule has 1 unspecified atom stereocenters. The van der Waals surface area contributed by atoms with Gasteiger partial charge in [-0.1, -0.05) is 57.0 Å². The fourth-order valence-corrected chi connectivity index (χ4v) is 2.89. The molecule has 1 aromatic carbocycles. The average molecular weight is 261 g/mol. The molecular formula is C17H27NO. The van der Waals surface area contributed by atoms with Crippen LogP contribution in [0, 0.1) is 5.92 Å². The molecule has 1 fully saturated rings. The van der Waals surface area contributed by atoms with Crippen LogP contribution >= 0.6 is 0 Å². The standard InChI is InChI=1S/C17H27NO/c1-14(2)17(15-8-4-3-5-9-15)18-12-13-19-16-10-6-7-11-16/h3-5,8-9,14,16-18H,6-7,10-13H2,1-2H3. The molecule has 0 bridgehead atoms. The summed E-state index contributed by atoms with van der Waals surface area (Å²) < 4.78 is 5.91. The van der Waals surface area contributed by atoms with Crippen molar-refractivity contribution in [1.82, 2.24) is 5.32 Å². The Morgan fingerprint density at radius 1 is 1.16 bits per heavy atom. The van der Waals surface area contributed by atoms with Crippen molar-refractivity contribution in [1.29, 1.82) is 0 Å². The van der Waals surface area contributed by atoms with Crippen molar-refractivity contribution in [2.75, 3.05) is 13.2 Å². The molecule has 0 saturated heterocycles. The van der Waals surface area contributed by atoms with E-state index in [1.54, 1.807) is 0 Å². The highest BCUT2D eigenvalue weighted by atomic mass is 16.5. The number of nitrogens with one attached hydrogen (secondary N) is 1. The maximum Gasteiger partial charge on any atom is 0.0594 e. The summed E-state index contributed by atoms with van der Waals surface area (Å²) >= 11 is 0. The molecule has 0 aliphatic heterocycles. The predicted molar refractivity (Wildman–Crippen MR) is 80.2 cm³/mol. The molecule has 1 atom stereocenters. The first-order chi connectivity index (χ1) is 9.27. The minimum absolute atomic E-state index is 0.424. The number of hydrogen-bond donors (Lipinski definition) is 1. The average Bonchev–Trinajstić information content (AvgIpc) is 2.92. The summed E-state index contributed by atoms with van der Waals surface area (Å²) in [6.45, 7) is 6.31. The monoisotopic (exact) mass is 261 g/mol. The molecule has 0 spiro atoms. The summed E-state index contributed by atoms with van der Waals surface area (Å²) in [6.07, 6.45) is 5.72. The lowest BCUT2D eigenvalue weighted by Gasteiger charge is -2.23. The van der Waals surface area contributed by atoms with Crippen LogP contribution in [-0.4, -0.2) is 19.3 Å². The third-order valence-corrected chi connectivity index (χ3v) is 3.95. The van der Waals surface area contributed by atoms with E-state index in [9.17, 15) is 0 Å². The van der Waals surface area contributed by atoms with E-state index in [2.05, 4.69) is 49.5 Å². The second-order valence-electron chi connectivity index (χ2n) is 5.86. The first-order valence-corrected chi connectivity index (χ1v) is 7.67. The van der Waals surface area contributed by atoms with Gasteiger partial charge >= 0.3 is 0 Å². The van der Waals surface area contributed by atoms with E-state index in [0.717, 1.165) is 13.2 Å². The van der Waals surface area contributed by atoms with Crippen molar-refractivity contribution >= 4 is 0 Å². The zero-order chi connectivity index (χ0) is 13.5. The molecule has 19 heavy (non-hydrogen) atoms. The Labute approximate surface area is 117 Å². The molecule has 1 aromatic rings. The summed E-state index contributed by atoms with van der Waals surface area (Å²) in [5, 5.41) is 3.63. The van der Waals surface area contributed by atoms with E-state index in [1.807, 2.05) is 0 Å². The van der Waals surface area contributed by atoms with Gasteiger partial charge in [-0.25, -0.2) is 0 Å². The topological polar surface area (TPSA) is 21.3 Å². The SMILES string of the molecule is CC(C)C(NCCOC1CCCC1)c1ccccc1. The largest absolute Gasteiger partial charge is 0.377 e. The van der Waals surface area contributed by atoms with Crippen molar-refractivity contribution in [3.05, 3.63) is 35.9 Å². The molecule has 1 N–H and O–H groups in total. The molecule has 0 heterocycles. The summed E-state index contributed by atoms with van der Waals surface area (Å²) in [4.78, 5) is 0. The summed E-state index contributed by atoms with van der Waals surface area (Å²) in [6, 6.07) is 11.1. The van der Waals surface area contributed by atoms with Crippen LogP contribution in [0.4, 0.5) is 0 Å². The highest BCUT2D eigenvalue weighted by molar-refractivity contribution is 5.19. The number of rotatable bonds is 7. The molecule has 0 aromatic heterocycles. The maximum atomic E-state index is 5.91. The summed E-state index contributed by atoms with van der Waals surface area (Å²) in [5.74, 6) is 0.592. The minimum Gasteiger partial charge on any atom is -0.377 e. The third kappa shape index (κ3) is 4.63. The Balaban J connectivity index is 1.74. The Morgan fingerprint density at radius 3 is 2.47 bits per heavy atom. The molecule has 1 saturated carbocycles. The lowest BCUT2D eigenvalue weighted by molar-refractivity contribution is 0.0583. The Morgan fingerprint density at radius 2 is 1.84 bits per heavy atom. The van der Waals surface area contributed by atoms with Gasteiger partial charge < -0.3 is 10.1 Å². The normalized spacial score (nSPS) is 18.1. The second-order valence-corrected chi connectivity index (χ2v) is 5.86. The van der Waals surface area contributed by atoms with Crippen LogP contribution in [0.3, 0.4) is 0 Å². The highest BCUT2D eigenvalue weighted by Crippen LogP contribution is 2.22. The number of ether oxygens (including phenoxy) is 1. The minimum atomic E-state index is 0.424. The second kappa shape index (κ2) is 7.66. The van der Waals surface area contributed by atoms with Crippen LogP contribution in [0.15, 0.2) is 30.3 Å². The summed E-state index contributed by atoms with van der Waals surface area (Å²) in [7, 11) is 0. The van der Waals surface area contributed by atoms with Gasteiger partial charge in [0.25, 0.3) is 0 Å². The van der Waals surface area contributed by atoms with Gasteiger partial charge in [0.15, 0.2) is 0 Å². The van der Waals surface area contributed by atoms with Gasteiger partial charge in [-0.15, -0.1) is 0 Å². The van der Waals surface area contributed by atoms with E-state index in [1.165, 1.54) is 31.2 Å². The molecule has 0 radical (unpaired) electrons. The highest BCUT2D eigenvalue weighted by Gasteiger charge is 2.17. The van der Waals surface area contributed by atoms with E-state index in [-0.39, 0.29) is 0 Å². The van der Waals surface area contributed by atoms with Crippen LogP contribution < -0.4 is 5.32 Å². The van der Waals surface area contributed by atoms with E-state index in [0.29, 0.717) is 18.1 Å². The molecule has 0 amide bonds. The van der Waals surface area contributed by atoms with Crippen molar-refractivity contribution in [3.63, 3.8) is 0 Å². The van der Waals surface area contributed by atoms with Crippen molar-refractivity contribution in [3.8, 4) is 0 Å².